The van der Waals surface area contributed by atoms with Crippen LogP contribution in [0.15, 0.2) is 22.3 Å². The zero-order valence-electron chi connectivity index (χ0n) is 20.0. The second-order valence-corrected chi connectivity index (χ2v) is 10.5. The zero-order valence-corrected chi connectivity index (χ0v) is 20.8. The smallest absolute Gasteiger partial charge is 0.291 e. The van der Waals surface area contributed by atoms with Gasteiger partial charge >= 0.3 is 0 Å². The molecule has 3 N–H and O–H groups in total. The molecule has 0 unspecified atom stereocenters. The van der Waals surface area contributed by atoms with E-state index in [-0.39, 0.29) is 36.4 Å². The first-order valence-electron chi connectivity index (χ1n) is 11.4. The molecule has 0 bridgehead atoms. The Kier molecular flexibility index (Phi) is 8.11. The van der Waals surface area contributed by atoms with Gasteiger partial charge in [-0.2, -0.15) is 5.10 Å². The summed E-state index contributed by atoms with van der Waals surface area (Å²) in [5.74, 6) is 0.662. The molecule has 0 aliphatic carbocycles. The Morgan fingerprint density at radius 2 is 2.12 bits per heavy atom. The van der Waals surface area contributed by atoms with Gasteiger partial charge in [-0.15, -0.1) is 11.3 Å². The van der Waals surface area contributed by atoms with Crippen molar-refractivity contribution >= 4 is 39.4 Å². The summed E-state index contributed by atoms with van der Waals surface area (Å²) in [4.78, 5) is 37.4. The van der Waals surface area contributed by atoms with Crippen molar-refractivity contribution in [1.82, 2.24) is 24.4 Å². The molecule has 1 atom stereocenters. The molecular formula is C23H33N5O5S. The van der Waals surface area contributed by atoms with E-state index >= 15 is 0 Å². The van der Waals surface area contributed by atoms with Gasteiger partial charge in [0.2, 0.25) is 5.91 Å². The number of nitrogens with zero attached hydrogens (tertiary/aromatic N) is 4. The molecule has 3 aromatic heterocycles. The Labute approximate surface area is 201 Å². The van der Waals surface area contributed by atoms with E-state index in [1.165, 1.54) is 4.68 Å². The van der Waals surface area contributed by atoms with Crippen molar-refractivity contribution in [3.63, 3.8) is 0 Å². The number of likely N-dealkylation sites (tertiary alicyclic amines) is 1. The number of hydrogen-bond donors (Lipinski definition) is 3. The van der Waals surface area contributed by atoms with Crippen molar-refractivity contribution < 1.29 is 19.8 Å². The summed E-state index contributed by atoms with van der Waals surface area (Å²) in [7, 11) is 0. The lowest BCUT2D eigenvalue weighted by Crippen LogP contribution is -2.51. The number of nitrogens with one attached hydrogen (secondary N) is 1. The van der Waals surface area contributed by atoms with Gasteiger partial charge in [0.1, 0.15) is 22.7 Å². The van der Waals surface area contributed by atoms with Crippen LogP contribution in [0.25, 0.3) is 15.7 Å². The van der Waals surface area contributed by atoms with Crippen LogP contribution in [0.4, 0.5) is 0 Å². The lowest BCUT2D eigenvalue weighted by molar-refractivity contribution is -0.123. The van der Waals surface area contributed by atoms with E-state index in [9.17, 15) is 14.7 Å². The molecule has 4 rings (SSSR count). The first-order valence-corrected chi connectivity index (χ1v) is 12.2. The second kappa shape index (κ2) is 10.7. The fourth-order valence-corrected chi connectivity index (χ4v) is 5.31. The Morgan fingerprint density at radius 1 is 1.41 bits per heavy atom. The zero-order chi connectivity index (χ0) is 25.0. The number of thiophene rings is 1. The average Bonchev–Trinajstić information content (AvgIpc) is 3.31. The van der Waals surface area contributed by atoms with Gasteiger partial charge in [0.15, 0.2) is 0 Å². The Hall–Kier alpha value is -2.76. The minimum absolute atomic E-state index is 0.00578. The quantitative estimate of drug-likeness (QED) is 0.449. The van der Waals surface area contributed by atoms with Crippen molar-refractivity contribution in [2.24, 2.45) is 0 Å². The van der Waals surface area contributed by atoms with Crippen molar-refractivity contribution in [1.29, 1.82) is 0 Å². The topological polar surface area (TPSA) is 129 Å². The van der Waals surface area contributed by atoms with Gasteiger partial charge in [-0.3, -0.25) is 23.7 Å². The second-order valence-electron chi connectivity index (χ2n) is 9.58. The van der Waals surface area contributed by atoms with Gasteiger partial charge in [0.05, 0.1) is 5.60 Å². The predicted octanol–water partition coefficient (Wildman–Crippen LogP) is 1.89. The molecule has 1 aliphatic heterocycles. The van der Waals surface area contributed by atoms with Crippen LogP contribution < -0.4 is 10.9 Å². The van der Waals surface area contributed by atoms with Gasteiger partial charge in [0, 0.05) is 30.4 Å². The predicted molar refractivity (Wildman–Crippen MR) is 132 cm³/mol. The third kappa shape index (κ3) is 6.02. The number of rotatable bonds is 6. The summed E-state index contributed by atoms with van der Waals surface area (Å²) in [6.45, 7) is 9.49. The maximum Gasteiger partial charge on any atom is 0.291 e. The molecule has 3 aromatic rings. The van der Waals surface area contributed by atoms with Crippen molar-refractivity contribution in [3.8, 4) is 0 Å². The van der Waals surface area contributed by atoms with E-state index in [1.54, 1.807) is 25.2 Å². The summed E-state index contributed by atoms with van der Waals surface area (Å²) < 4.78 is 3.22. The van der Waals surface area contributed by atoms with E-state index in [1.807, 2.05) is 35.8 Å². The lowest BCUT2D eigenvalue weighted by atomic mass is 10.0. The third-order valence-electron chi connectivity index (χ3n) is 5.61. The highest BCUT2D eigenvalue weighted by Crippen LogP contribution is 2.26. The van der Waals surface area contributed by atoms with Crippen LogP contribution in [0.3, 0.4) is 0 Å². The number of piperidine rings is 1. The average molecular weight is 492 g/mol. The molecule has 1 aliphatic rings. The molecular weight excluding hydrogens is 458 g/mol. The standard InChI is InChI=1S/C22H31N5O3S.CH2O2/c1-14(2)19-24-26(20(29)17-10-15-7-9-31-21(15)27(17)19)12-18(28)23-16-6-5-8-25(11-16)13-22(3,4)30;2-1-3/h7,9-10,14,16,30H,5-6,8,11-13H2,1-4H3,(H,23,28);1H,(H,2,3)/t16-;/m1./s1. The van der Waals surface area contributed by atoms with E-state index < -0.39 is 5.60 Å². The minimum atomic E-state index is -0.767. The van der Waals surface area contributed by atoms with E-state index in [4.69, 9.17) is 9.90 Å². The summed E-state index contributed by atoms with van der Waals surface area (Å²) in [5, 5.41) is 27.6. The molecule has 0 saturated carbocycles. The largest absolute Gasteiger partial charge is 0.483 e. The summed E-state index contributed by atoms with van der Waals surface area (Å²) >= 11 is 1.58. The Balaban J connectivity index is 0.00000103. The van der Waals surface area contributed by atoms with Gasteiger partial charge in [-0.25, -0.2) is 4.68 Å². The fourth-order valence-electron chi connectivity index (χ4n) is 4.41. The van der Waals surface area contributed by atoms with Crippen molar-refractivity contribution in [2.45, 2.75) is 64.6 Å². The van der Waals surface area contributed by atoms with Gasteiger partial charge in [-0.1, -0.05) is 13.8 Å². The number of fused-ring (bicyclic) bond motifs is 3. The Morgan fingerprint density at radius 3 is 2.76 bits per heavy atom. The number of carboxylic acid groups (broad SMARTS) is 1. The molecule has 1 saturated heterocycles. The molecule has 0 radical (unpaired) electrons. The van der Waals surface area contributed by atoms with Crippen molar-refractivity contribution in [2.75, 3.05) is 19.6 Å². The minimum Gasteiger partial charge on any atom is -0.483 e. The number of carbonyl (C=O) groups is 2. The molecule has 34 heavy (non-hydrogen) atoms. The molecule has 1 amide bonds. The lowest BCUT2D eigenvalue weighted by Gasteiger charge is -2.36. The fraction of sp³-hybridized carbons (Fsp3) is 0.565. The summed E-state index contributed by atoms with van der Waals surface area (Å²) in [6, 6.07) is 3.88. The SMILES string of the molecule is CC(C)c1nn(CC(=O)N[C@@H]2CCCN(CC(C)(C)O)C2)c(=O)c2cc3ccsc3n12.O=CO. The van der Waals surface area contributed by atoms with Crippen LogP contribution in [-0.4, -0.2) is 73.0 Å². The van der Waals surface area contributed by atoms with Crippen LogP contribution in [0, 0.1) is 0 Å². The van der Waals surface area contributed by atoms with E-state index in [2.05, 4.69) is 15.3 Å². The maximum absolute atomic E-state index is 13.1. The first kappa shape index (κ1) is 25.9. The number of hydrogen-bond acceptors (Lipinski definition) is 7. The number of amides is 1. The van der Waals surface area contributed by atoms with Gasteiger partial charge in [0.25, 0.3) is 12.0 Å². The summed E-state index contributed by atoms with van der Waals surface area (Å²) in [6.07, 6.45) is 1.85. The number of β-amino-alcohol motifs (C(OH)–C–C–N with tert-alkyl or cyclic N) is 1. The van der Waals surface area contributed by atoms with Gasteiger partial charge in [-0.05, 0) is 50.7 Å². The highest BCUT2D eigenvalue weighted by atomic mass is 32.1. The Bertz CT molecular complexity index is 1210. The van der Waals surface area contributed by atoms with Crippen molar-refractivity contribution in [3.05, 3.63) is 33.7 Å². The van der Waals surface area contributed by atoms with Crippen LogP contribution >= 0.6 is 11.3 Å². The molecule has 4 heterocycles. The van der Waals surface area contributed by atoms with E-state index in [0.717, 1.165) is 35.4 Å². The number of carbonyl (C=O) groups excluding carboxylic acids is 1. The van der Waals surface area contributed by atoms with E-state index in [0.29, 0.717) is 18.6 Å². The number of aromatic nitrogens is 3. The molecule has 186 valence electrons. The monoisotopic (exact) mass is 491 g/mol. The van der Waals surface area contributed by atoms with Gasteiger partial charge < -0.3 is 15.5 Å². The summed E-state index contributed by atoms with van der Waals surface area (Å²) in [5.41, 5.74) is -0.464. The van der Waals surface area contributed by atoms with Crippen LogP contribution in [0.5, 0.6) is 0 Å². The third-order valence-corrected chi connectivity index (χ3v) is 6.52. The van der Waals surface area contributed by atoms with Crippen LogP contribution in [0.2, 0.25) is 0 Å². The molecule has 1 fully saturated rings. The maximum atomic E-state index is 13.1. The number of aliphatic hydroxyl groups is 1. The molecule has 0 aromatic carbocycles. The van der Waals surface area contributed by atoms with Crippen LogP contribution in [0.1, 0.15) is 52.3 Å². The normalized spacial score (nSPS) is 17.1. The van der Waals surface area contributed by atoms with Crippen LogP contribution in [-0.2, 0) is 16.1 Å². The first-order chi connectivity index (χ1) is 16.0. The highest BCUT2D eigenvalue weighted by molar-refractivity contribution is 7.16. The molecule has 11 heteroatoms. The highest BCUT2D eigenvalue weighted by Gasteiger charge is 2.26. The molecule has 10 nitrogen and oxygen atoms in total. The molecule has 0 spiro atoms.